The summed E-state index contributed by atoms with van der Waals surface area (Å²) in [5, 5.41) is 19.8. The summed E-state index contributed by atoms with van der Waals surface area (Å²) in [6, 6.07) is 13.7. The van der Waals surface area contributed by atoms with Crippen LogP contribution >= 0.6 is 24.0 Å². The van der Waals surface area contributed by atoms with Crippen molar-refractivity contribution in [3.63, 3.8) is 0 Å². The van der Waals surface area contributed by atoms with Crippen molar-refractivity contribution in [2.45, 2.75) is 17.7 Å². The smallest absolute Gasteiger partial charge is 0.238 e. The van der Waals surface area contributed by atoms with Crippen LogP contribution in [-0.2, 0) is 16.4 Å². The minimum absolute atomic E-state index is 0.0308. The monoisotopic (exact) mass is 493 g/mol. The maximum atomic E-state index is 11.6. The van der Waals surface area contributed by atoms with Gasteiger partial charge in [0, 0.05) is 24.8 Å². The molecule has 3 N–H and O–H groups in total. The molecule has 0 fully saturated rings. The third kappa shape index (κ3) is 5.87. The predicted octanol–water partition coefficient (Wildman–Crippen LogP) is 3.94. The molecule has 0 spiro atoms. The quantitative estimate of drug-likeness (QED) is 0.273. The molecule has 8 nitrogen and oxygen atoms in total. The molecule has 11 heteroatoms. The first-order chi connectivity index (χ1) is 15.2. The van der Waals surface area contributed by atoms with Crippen LogP contribution < -0.4 is 9.88 Å². The highest BCUT2D eigenvalue weighted by Crippen LogP contribution is 2.36. The van der Waals surface area contributed by atoms with E-state index < -0.39 is 10.0 Å². The number of aromatic nitrogens is 1. The number of primary sulfonamides is 1. The molecule has 0 saturated carbocycles. The molecule has 0 saturated heterocycles. The van der Waals surface area contributed by atoms with Crippen LogP contribution in [0.3, 0.4) is 0 Å². The molecular weight excluding hydrogens is 470 g/mol. The van der Waals surface area contributed by atoms with Gasteiger partial charge in [0.1, 0.15) is 17.2 Å². The molecule has 0 aliphatic rings. The molecule has 0 amide bonds. The summed E-state index contributed by atoms with van der Waals surface area (Å²) in [7, 11) is -0.714. The minimum Gasteiger partial charge on any atom is -0.497 e. The third-order valence-corrected chi connectivity index (χ3v) is 7.19. The van der Waals surface area contributed by atoms with Crippen molar-refractivity contribution >= 4 is 38.3 Å². The van der Waals surface area contributed by atoms with Gasteiger partial charge < -0.3 is 9.26 Å². The van der Waals surface area contributed by atoms with Gasteiger partial charge in [0.25, 0.3) is 0 Å². The number of ether oxygens (including phenoxy) is 1. The van der Waals surface area contributed by atoms with Crippen LogP contribution in [0.4, 0.5) is 0 Å². The van der Waals surface area contributed by atoms with E-state index in [2.05, 4.69) is 5.16 Å². The van der Waals surface area contributed by atoms with E-state index in [9.17, 15) is 13.6 Å². The maximum Gasteiger partial charge on any atom is 0.238 e. The first-order valence-corrected chi connectivity index (χ1v) is 12.5. The average Bonchev–Trinajstić information content (AvgIpc) is 3.19. The van der Waals surface area contributed by atoms with Gasteiger partial charge in [0.05, 0.1) is 17.6 Å². The zero-order valence-corrected chi connectivity index (χ0v) is 20.0. The van der Waals surface area contributed by atoms with Gasteiger partial charge in [-0.3, -0.25) is 5.21 Å². The lowest BCUT2D eigenvalue weighted by Crippen LogP contribution is -2.17. The molecule has 0 aliphatic carbocycles. The summed E-state index contributed by atoms with van der Waals surface area (Å²) in [4.78, 5) is 0.0308. The summed E-state index contributed by atoms with van der Waals surface area (Å²) in [5.41, 5.74) is 3.02. The van der Waals surface area contributed by atoms with Crippen molar-refractivity contribution in [3.05, 3.63) is 54.3 Å². The lowest BCUT2D eigenvalue weighted by molar-refractivity contribution is 0.0205. The molecule has 0 radical (unpaired) electrons. The number of methoxy groups -OCH3 is 1. The van der Waals surface area contributed by atoms with Crippen LogP contribution in [0.2, 0.25) is 0 Å². The van der Waals surface area contributed by atoms with Crippen molar-refractivity contribution in [1.82, 2.24) is 10.2 Å². The van der Waals surface area contributed by atoms with Gasteiger partial charge >= 0.3 is 0 Å². The average molecular weight is 494 g/mol. The standard InChI is InChI=1S/C21H23N3O5S3/c1-24(25)21(30)31-13-3-4-18-19(14-7-11-17(12-8-14)32(22,26)27)20(23-29-18)15-5-9-16(28-2)10-6-15/h5-12,25H,3-4,13H2,1-2H3,(H2,22,26,27). The highest BCUT2D eigenvalue weighted by atomic mass is 32.2. The second kappa shape index (κ2) is 10.5. The molecule has 1 heterocycles. The molecular formula is C21H23N3O5S3. The van der Waals surface area contributed by atoms with Crippen LogP contribution in [0.25, 0.3) is 22.4 Å². The van der Waals surface area contributed by atoms with E-state index in [-0.39, 0.29) is 4.90 Å². The van der Waals surface area contributed by atoms with E-state index in [1.807, 2.05) is 24.3 Å². The number of thiocarbonyl (C=S) groups is 1. The van der Waals surface area contributed by atoms with Gasteiger partial charge in [0.15, 0.2) is 4.32 Å². The summed E-state index contributed by atoms with van der Waals surface area (Å²) in [5.74, 6) is 2.08. The van der Waals surface area contributed by atoms with Gasteiger partial charge in [-0.25, -0.2) is 18.6 Å². The normalized spacial score (nSPS) is 11.4. The second-order valence-corrected chi connectivity index (χ2v) is 10.2. The molecule has 0 atom stereocenters. The Bertz CT molecular complexity index is 1170. The molecule has 0 aliphatic heterocycles. The molecule has 3 rings (SSSR count). The van der Waals surface area contributed by atoms with Crippen molar-refractivity contribution in [1.29, 1.82) is 0 Å². The Morgan fingerprint density at radius 3 is 2.38 bits per heavy atom. The fraction of sp³-hybridized carbons (Fsp3) is 0.238. The van der Waals surface area contributed by atoms with Gasteiger partial charge in [-0.15, -0.1) is 0 Å². The van der Waals surface area contributed by atoms with E-state index in [1.54, 1.807) is 19.2 Å². The first-order valence-electron chi connectivity index (χ1n) is 9.56. The van der Waals surface area contributed by atoms with Crippen LogP contribution in [0.15, 0.2) is 57.9 Å². The number of nitrogens with two attached hydrogens (primary N) is 1. The Morgan fingerprint density at radius 1 is 1.19 bits per heavy atom. The van der Waals surface area contributed by atoms with Gasteiger partial charge in [0.2, 0.25) is 10.0 Å². The number of thioether (sulfide) groups is 1. The number of sulfonamides is 1. The molecule has 3 aromatic rings. The van der Waals surface area contributed by atoms with E-state index >= 15 is 0 Å². The zero-order chi connectivity index (χ0) is 23.3. The van der Waals surface area contributed by atoms with Crippen molar-refractivity contribution in [3.8, 4) is 28.1 Å². The maximum absolute atomic E-state index is 11.6. The van der Waals surface area contributed by atoms with Crippen LogP contribution in [0.5, 0.6) is 5.75 Å². The number of nitrogens with zero attached hydrogens (tertiary/aromatic N) is 2. The van der Waals surface area contributed by atoms with E-state index in [0.717, 1.165) is 33.9 Å². The third-order valence-electron chi connectivity index (χ3n) is 4.64. The number of hydrogen-bond acceptors (Lipinski definition) is 8. The number of rotatable bonds is 8. The van der Waals surface area contributed by atoms with Crippen molar-refractivity contribution in [2.24, 2.45) is 5.14 Å². The Labute approximate surface area is 196 Å². The van der Waals surface area contributed by atoms with Crippen molar-refractivity contribution < 1.29 is 22.9 Å². The summed E-state index contributed by atoms with van der Waals surface area (Å²) in [6.45, 7) is 0. The number of hydroxylamine groups is 2. The first kappa shape index (κ1) is 24.2. The second-order valence-electron chi connectivity index (χ2n) is 6.87. The minimum atomic E-state index is -3.79. The lowest BCUT2D eigenvalue weighted by atomic mass is 9.97. The largest absolute Gasteiger partial charge is 0.497 e. The fourth-order valence-corrected chi connectivity index (χ4v) is 4.45. The Hall–Kier alpha value is -2.44. The van der Waals surface area contributed by atoms with E-state index in [0.29, 0.717) is 27.9 Å². The SMILES string of the molecule is COc1ccc(-c2noc(CCCSC(=S)N(C)O)c2-c2ccc(S(N)(=O)=O)cc2)cc1. The van der Waals surface area contributed by atoms with Crippen molar-refractivity contribution in [2.75, 3.05) is 19.9 Å². The fourth-order valence-electron chi connectivity index (χ4n) is 3.04. The van der Waals surface area contributed by atoms with E-state index in [1.165, 1.54) is 30.9 Å². The van der Waals surface area contributed by atoms with Crippen LogP contribution in [-0.4, -0.2) is 48.1 Å². The van der Waals surface area contributed by atoms with Gasteiger partial charge in [-0.1, -0.05) is 41.3 Å². The lowest BCUT2D eigenvalue weighted by Gasteiger charge is -2.10. The van der Waals surface area contributed by atoms with Gasteiger partial charge in [-0.2, -0.15) is 0 Å². The number of aryl methyl sites for hydroxylation is 1. The van der Waals surface area contributed by atoms with Gasteiger partial charge in [-0.05, 0) is 48.4 Å². The molecule has 1 aromatic heterocycles. The Morgan fingerprint density at radius 2 is 1.81 bits per heavy atom. The molecule has 0 unspecified atom stereocenters. The summed E-state index contributed by atoms with van der Waals surface area (Å²) < 4.78 is 34.6. The zero-order valence-electron chi connectivity index (χ0n) is 17.5. The molecule has 2 aromatic carbocycles. The van der Waals surface area contributed by atoms with Crippen LogP contribution in [0.1, 0.15) is 12.2 Å². The number of hydrogen-bond donors (Lipinski definition) is 2. The highest BCUT2D eigenvalue weighted by Gasteiger charge is 2.20. The van der Waals surface area contributed by atoms with Crippen LogP contribution in [0, 0.1) is 0 Å². The van der Waals surface area contributed by atoms with E-state index in [4.69, 9.17) is 26.6 Å². The molecule has 32 heavy (non-hydrogen) atoms. The highest BCUT2D eigenvalue weighted by molar-refractivity contribution is 8.22. The molecule has 0 bridgehead atoms. The number of benzene rings is 2. The topological polar surface area (TPSA) is 119 Å². The summed E-state index contributed by atoms with van der Waals surface area (Å²) >= 11 is 6.44. The Kier molecular flexibility index (Phi) is 7.91. The summed E-state index contributed by atoms with van der Waals surface area (Å²) in [6.07, 6.45) is 1.32. The predicted molar refractivity (Wildman–Crippen MR) is 128 cm³/mol. The Balaban J connectivity index is 1.93. The molecule has 170 valence electrons.